The van der Waals surface area contributed by atoms with Gasteiger partial charge < -0.3 is 5.32 Å². The summed E-state index contributed by atoms with van der Waals surface area (Å²) in [5.41, 5.74) is 0.507. The van der Waals surface area contributed by atoms with Crippen LogP contribution in [0.2, 0.25) is 5.02 Å². The van der Waals surface area contributed by atoms with Crippen LogP contribution in [0.25, 0.3) is 10.9 Å². The Morgan fingerprint density at radius 2 is 2.29 bits per heavy atom. The van der Waals surface area contributed by atoms with Crippen LogP contribution in [0.15, 0.2) is 29.3 Å². The molecule has 0 saturated heterocycles. The molecule has 4 nitrogen and oxygen atoms in total. The minimum Gasteiger partial charge on any atom is -0.315 e. The number of aromatic nitrogens is 2. The molecule has 2 aromatic rings. The predicted octanol–water partition coefficient (Wildman–Crippen LogP) is 1.66. The lowest BCUT2D eigenvalue weighted by Gasteiger charge is -2.12. The molecule has 1 heterocycles. The van der Waals surface area contributed by atoms with Gasteiger partial charge in [-0.2, -0.15) is 0 Å². The maximum absolute atomic E-state index is 12.2. The molecule has 0 radical (unpaired) electrons. The van der Waals surface area contributed by atoms with E-state index in [0.29, 0.717) is 22.5 Å². The summed E-state index contributed by atoms with van der Waals surface area (Å²) in [5.74, 6) is 0. The average Bonchev–Trinajstić information content (AvgIpc) is 2.33. The molecule has 1 N–H and O–H groups in total. The number of rotatable bonds is 3. The van der Waals surface area contributed by atoms with E-state index in [2.05, 4.69) is 10.3 Å². The van der Waals surface area contributed by atoms with E-state index < -0.39 is 0 Å². The summed E-state index contributed by atoms with van der Waals surface area (Å²) in [5, 5.41) is 4.15. The summed E-state index contributed by atoms with van der Waals surface area (Å²) in [6.07, 6.45) is 1.55. The maximum Gasteiger partial charge on any atom is 0.261 e. The number of nitrogens with one attached hydrogen (secondary N) is 1. The largest absolute Gasteiger partial charge is 0.315 e. The fourth-order valence-electron chi connectivity index (χ4n) is 1.67. The first-order chi connectivity index (χ1) is 8.13. The molecule has 90 valence electrons. The van der Waals surface area contributed by atoms with Gasteiger partial charge in [-0.05, 0) is 26.1 Å². The molecule has 0 bridgehead atoms. The molecule has 2 rings (SSSR count). The highest BCUT2D eigenvalue weighted by Crippen LogP contribution is 2.17. The molecule has 0 spiro atoms. The van der Waals surface area contributed by atoms with Gasteiger partial charge in [-0.15, -0.1) is 0 Å². The lowest BCUT2D eigenvalue weighted by atomic mass is 10.2. The molecule has 0 saturated carbocycles. The van der Waals surface area contributed by atoms with Gasteiger partial charge in [-0.3, -0.25) is 9.36 Å². The second-order valence-electron chi connectivity index (χ2n) is 4.03. The summed E-state index contributed by atoms with van der Waals surface area (Å²) in [6, 6.07) is 5.46. The SMILES string of the molecule is CNC(C)Cn1cnc2c(Cl)cccc2c1=O. The molecule has 17 heavy (non-hydrogen) atoms. The van der Waals surface area contributed by atoms with E-state index in [9.17, 15) is 4.79 Å². The molecule has 1 aromatic carbocycles. The second-order valence-corrected chi connectivity index (χ2v) is 4.44. The Bertz CT molecular complexity index is 594. The molecule has 0 amide bonds. The Morgan fingerprint density at radius 3 is 3.00 bits per heavy atom. The van der Waals surface area contributed by atoms with Crippen LogP contribution in [0.5, 0.6) is 0 Å². The van der Waals surface area contributed by atoms with Crippen LogP contribution < -0.4 is 10.9 Å². The zero-order valence-corrected chi connectivity index (χ0v) is 10.5. The van der Waals surface area contributed by atoms with E-state index in [0.717, 1.165) is 0 Å². The number of likely N-dealkylation sites (N-methyl/N-ethyl adjacent to an activating group) is 1. The molecule has 1 unspecified atom stereocenters. The Morgan fingerprint density at radius 1 is 1.53 bits per heavy atom. The van der Waals surface area contributed by atoms with Crippen molar-refractivity contribution in [2.24, 2.45) is 0 Å². The van der Waals surface area contributed by atoms with Crippen LogP contribution in [0.4, 0.5) is 0 Å². The van der Waals surface area contributed by atoms with E-state index in [4.69, 9.17) is 11.6 Å². The van der Waals surface area contributed by atoms with E-state index in [1.807, 2.05) is 14.0 Å². The predicted molar refractivity (Wildman–Crippen MR) is 69.5 cm³/mol. The van der Waals surface area contributed by atoms with Gasteiger partial charge in [0.25, 0.3) is 5.56 Å². The van der Waals surface area contributed by atoms with Gasteiger partial charge in [-0.25, -0.2) is 4.98 Å². The Kier molecular flexibility index (Phi) is 3.45. The summed E-state index contributed by atoms with van der Waals surface area (Å²) >= 11 is 5.99. The number of nitrogens with zero attached hydrogens (tertiary/aromatic N) is 2. The van der Waals surface area contributed by atoms with Crippen molar-refractivity contribution in [3.05, 3.63) is 39.9 Å². The summed E-state index contributed by atoms with van der Waals surface area (Å²) in [6.45, 7) is 2.60. The van der Waals surface area contributed by atoms with Crippen molar-refractivity contribution in [2.75, 3.05) is 7.05 Å². The van der Waals surface area contributed by atoms with Crippen LogP contribution in [0, 0.1) is 0 Å². The Labute approximate surface area is 104 Å². The number of halogens is 1. The van der Waals surface area contributed by atoms with E-state index in [1.54, 1.807) is 29.1 Å². The zero-order valence-electron chi connectivity index (χ0n) is 9.77. The highest BCUT2D eigenvalue weighted by molar-refractivity contribution is 6.34. The standard InChI is InChI=1S/C12H14ClN3O/c1-8(14-2)6-16-7-15-11-9(12(16)17)4-3-5-10(11)13/h3-5,7-8,14H,6H2,1-2H3. The summed E-state index contributed by atoms with van der Waals surface area (Å²) in [4.78, 5) is 16.4. The smallest absolute Gasteiger partial charge is 0.261 e. The number of hydrogen-bond donors (Lipinski definition) is 1. The highest BCUT2D eigenvalue weighted by atomic mass is 35.5. The number of benzene rings is 1. The van der Waals surface area contributed by atoms with Gasteiger partial charge in [0, 0.05) is 12.6 Å². The van der Waals surface area contributed by atoms with Gasteiger partial charge in [-0.1, -0.05) is 17.7 Å². The normalized spacial score (nSPS) is 12.9. The van der Waals surface area contributed by atoms with E-state index in [-0.39, 0.29) is 11.6 Å². The monoisotopic (exact) mass is 251 g/mol. The third-order valence-electron chi connectivity index (χ3n) is 2.77. The number of hydrogen-bond acceptors (Lipinski definition) is 3. The fourth-order valence-corrected chi connectivity index (χ4v) is 1.89. The minimum absolute atomic E-state index is 0.0559. The first-order valence-electron chi connectivity index (χ1n) is 5.44. The quantitative estimate of drug-likeness (QED) is 0.903. The molecular weight excluding hydrogens is 238 g/mol. The molecule has 5 heteroatoms. The van der Waals surface area contributed by atoms with Crippen molar-refractivity contribution in [3.8, 4) is 0 Å². The molecule has 0 aliphatic rings. The van der Waals surface area contributed by atoms with Crippen molar-refractivity contribution in [1.29, 1.82) is 0 Å². The van der Waals surface area contributed by atoms with Gasteiger partial charge in [0.05, 0.1) is 22.3 Å². The molecule has 0 fully saturated rings. The van der Waals surface area contributed by atoms with Crippen molar-refractivity contribution in [2.45, 2.75) is 19.5 Å². The second kappa shape index (κ2) is 4.85. The van der Waals surface area contributed by atoms with Crippen molar-refractivity contribution >= 4 is 22.5 Å². The number of para-hydroxylation sites is 1. The third-order valence-corrected chi connectivity index (χ3v) is 3.07. The fraction of sp³-hybridized carbons (Fsp3) is 0.333. The van der Waals surface area contributed by atoms with Crippen molar-refractivity contribution in [3.63, 3.8) is 0 Å². The number of fused-ring (bicyclic) bond motifs is 1. The van der Waals surface area contributed by atoms with E-state index >= 15 is 0 Å². The molecule has 1 atom stereocenters. The van der Waals surface area contributed by atoms with Crippen LogP contribution in [-0.2, 0) is 6.54 Å². The molecular formula is C12H14ClN3O. The molecule has 0 aliphatic carbocycles. The van der Waals surface area contributed by atoms with Crippen LogP contribution in [0.3, 0.4) is 0 Å². The van der Waals surface area contributed by atoms with Crippen LogP contribution in [-0.4, -0.2) is 22.6 Å². The van der Waals surface area contributed by atoms with Gasteiger partial charge in [0.2, 0.25) is 0 Å². The van der Waals surface area contributed by atoms with Crippen LogP contribution in [0.1, 0.15) is 6.92 Å². The summed E-state index contributed by atoms with van der Waals surface area (Å²) < 4.78 is 1.60. The van der Waals surface area contributed by atoms with Gasteiger partial charge in [0.1, 0.15) is 0 Å². The lowest BCUT2D eigenvalue weighted by molar-refractivity contribution is 0.503. The Balaban J connectivity index is 2.55. The Hall–Kier alpha value is -1.39. The van der Waals surface area contributed by atoms with Gasteiger partial charge in [0.15, 0.2) is 0 Å². The van der Waals surface area contributed by atoms with Crippen LogP contribution >= 0.6 is 11.6 Å². The molecule has 1 aromatic heterocycles. The topological polar surface area (TPSA) is 46.9 Å². The maximum atomic E-state index is 12.2. The average molecular weight is 252 g/mol. The summed E-state index contributed by atoms with van der Waals surface area (Å²) in [7, 11) is 1.86. The zero-order chi connectivity index (χ0) is 12.4. The first-order valence-corrected chi connectivity index (χ1v) is 5.82. The highest BCUT2D eigenvalue weighted by Gasteiger charge is 2.08. The van der Waals surface area contributed by atoms with E-state index in [1.165, 1.54) is 0 Å². The minimum atomic E-state index is -0.0559. The van der Waals surface area contributed by atoms with Crippen molar-refractivity contribution < 1.29 is 0 Å². The first kappa shape index (κ1) is 12.1. The molecule has 0 aliphatic heterocycles. The third kappa shape index (κ3) is 2.33. The lowest BCUT2D eigenvalue weighted by Crippen LogP contribution is -2.32. The van der Waals surface area contributed by atoms with Gasteiger partial charge >= 0.3 is 0 Å². The van der Waals surface area contributed by atoms with Crippen molar-refractivity contribution in [1.82, 2.24) is 14.9 Å².